The Balaban J connectivity index is 1.98. The van der Waals surface area contributed by atoms with Gasteiger partial charge < -0.3 is 20.3 Å². The molecule has 1 aromatic heterocycles. The Hall–Kier alpha value is -1.48. The van der Waals surface area contributed by atoms with E-state index < -0.39 is 53.6 Å². The van der Waals surface area contributed by atoms with Gasteiger partial charge in [0.15, 0.2) is 6.23 Å². The van der Waals surface area contributed by atoms with Crippen LogP contribution < -0.4 is 16.6 Å². The number of hydrogen-bond acceptors (Lipinski definition) is 8. The summed E-state index contributed by atoms with van der Waals surface area (Å²) in [5.74, 6) is -1.96. The van der Waals surface area contributed by atoms with Gasteiger partial charge in [-0.3, -0.25) is 19.1 Å². The van der Waals surface area contributed by atoms with E-state index in [2.05, 4.69) is 0 Å². The summed E-state index contributed by atoms with van der Waals surface area (Å²) in [6.45, 7) is -0.772. The quantitative estimate of drug-likeness (QED) is 0.326. The standard InChI is InChI=1S/C13H16F3N3O6S2/c14-13(15,16)11(23)17-2-4-26-27-9-8(22)6(5-20)25-10(9)19-3-1-7(21)18-12(19)24/h1,3,6,8-10,20,22H,2,4-5H2,(H,17,23)(H,18,21,24)/t6-,8?,9+,10-/m1/s1. The average Bonchev–Trinajstić information content (AvgIpc) is 2.89. The first-order valence-corrected chi connectivity index (χ1v) is 9.92. The summed E-state index contributed by atoms with van der Waals surface area (Å²) in [6, 6.07) is 1.09. The maximum Gasteiger partial charge on any atom is 0.471 e. The molecule has 2 rings (SSSR count). The minimum Gasteiger partial charge on any atom is -0.394 e. The molecule has 1 fully saturated rings. The molecule has 2 heterocycles. The minimum atomic E-state index is -4.96. The Morgan fingerprint density at radius 1 is 1.41 bits per heavy atom. The van der Waals surface area contributed by atoms with Crippen LogP contribution in [-0.4, -0.2) is 68.2 Å². The number of hydrogen-bond donors (Lipinski definition) is 4. The molecule has 14 heteroatoms. The fraction of sp³-hybridized carbons (Fsp3) is 0.615. The average molecular weight is 431 g/mol. The Bertz CT molecular complexity index is 771. The van der Waals surface area contributed by atoms with Crippen LogP contribution in [0.3, 0.4) is 0 Å². The lowest BCUT2D eigenvalue weighted by Crippen LogP contribution is -2.38. The zero-order valence-electron chi connectivity index (χ0n) is 13.5. The van der Waals surface area contributed by atoms with Crippen molar-refractivity contribution in [1.29, 1.82) is 0 Å². The van der Waals surface area contributed by atoms with Crippen molar-refractivity contribution in [3.05, 3.63) is 33.1 Å². The lowest BCUT2D eigenvalue weighted by Gasteiger charge is -2.20. The smallest absolute Gasteiger partial charge is 0.394 e. The summed E-state index contributed by atoms with van der Waals surface area (Å²) in [5, 5.41) is 20.5. The Morgan fingerprint density at radius 3 is 2.70 bits per heavy atom. The van der Waals surface area contributed by atoms with Crippen molar-refractivity contribution in [2.75, 3.05) is 18.9 Å². The third-order valence-corrected chi connectivity index (χ3v) is 6.34. The molecule has 0 saturated carbocycles. The summed E-state index contributed by atoms with van der Waals surface area (Å²) in [7, 11) is 2.09. The lowest BCUT2D eigenvalue weighted by atomic mass is 10.2. The van der Waals surface area contributed by atoms with Crippen LogP contribution >= 0.6 is 21.6 Å². The second kappa shape index (κ2) is 9.14. The molecule has 4 atom stereocenters. The second-order valence-corrected chi connectivity index (χ2v) is 8.06. The number of carbonyl (C=O) groups is 1. The van der Waals surface area contributed by atoms with Gasteiger partial charge in [-0.1, -0.05) is 21.6 Å². The number of carbonyl (C=O) groups excluding carboxylic acids is 1. The Kier molecular flexibility index (Phi) is 7.39. The molecule has 1 aliphatic rings. The van der Waals surface area contributed by atoms with Crippen molar-refractivity contribution >= 4 is 27.5 Å². The van der Waals surface area contributed by atoms with E-state index >= 15 is 0 Å². The van der Waals surface area contributed by atoms with E-state index in [0.29, 0.717) is 0 Å². The molecule has 1 aromatic rings. The predicted molar refractivity (Wildman–Crippen MR) is 91.2 cm³/mol. The zero-order valence-corrected chi connectivity index (χ0v) is 15.1. The first kappa shape index (κ1) is 21.8. The highest BCUT2D eigenvalue weighted by molar-refractivity contribution is 8.77. The number of H-pyrrole nitrogens is 1. The summed E-state index contributed by atoms with van der Waals surface area (Å²) in [4.78, 5) is 35.9. The van der Waals surface area contributed by atoms with Gasteiger partial charge in [-0.05, 0) is 0 Å². The lowest BCUT2D eigenvalue weighted by molar-refractivity contribution is -0.173. The van der Waals surface area contributed by atoms with E-state index in [0.717, 1.165) is 32.2 Å². The van der Waals surface area contributed by atoms with E-state index in [1.54, 1.807) is 5.32 Å². The van der Waals surface area contributed by atoms with Crippen LogP contribution in [0.1, 0.15) is 6.23 Å². The molecule has 27 heavy (non-hydrogen) atoms. The van der Waals surface area contributed by atoms with Crippen LogP contribution in [0.4, 0.5) is 13.2 Å². The van der Waals surface area contributed by atoms with Crippen LogP contribution in [0.2, 0.25) is 0 Å². The summed E-state index contributed by atoms with van der Waals surface area (Å²) in [5.41, 5.74) is -1.39. The van der Waals surface area contributed by atoms with Crippen molar-refractivity contribution in [1.82, 2.24) is 14.9 Å². The molecule has 1 aliphatic heterocycles. The van der Waals surface area contributed by atoms with Crippen molar-refractivity contribution in [3.63, 3.8) is 0 Å². The predicted octanol–water partition coefficient (Wildman–Crippen LogP) is -0.784. The molecular weight excluding hydrogens is 415 g/mol. The minimum absolute atomic E-state index is 0.0900. The molecule has 1 saturated heterocycles. The number of ether oxygens (including phenoxy) is 1. The molecule has 0 aliphatic carbocycles. The summed E-state index contributed by atoms with van der Waals surface area (Å²) < 4.78 is 42.8. The monoisotopic (exact) mass is 431 g/mol. The van der Waals surface area contributed by atoms with Gasteiger partial charge in [0.05, 0.1) is 18.0 Å². The SMILES string of the molecule is O=C(NCCSS[C@H]1C(O)[C@@H](CO)O[C@H]1n1ccc(=O)[nH]c1=O)C(F)(F)F. The van der Waals surface area contributed by atoms with E-state index in [4.69, 9.17) is 4.74 Å². The van der Waals surface area contributed by atoms with Crippen molar-refractivity contribution in [3.8, 4) is 0 Å². The van der Waals surface area contributed by atoms with Gasteiger partial charge in [-0.25, -0.2) is 4.79 Å². The van der Waals surface area contributed by atoms with Crippen LogP contribution in [0, 0.1) is 0 Å². The normalized spacial score (nSPS) is 25.5. The van der Waals surface area contributed by atoms with E-state index in [1.165, 1.54) is 6.20 Å². The van der Waals surface area contributed by atoms with Gasteiger partial charge in [0.2, 0.25) is 0 Å². The number of aromatic amines is 1. The van der Waals surface area contributed by atoms with Gasteiger partial charge in [-0.2, -0.15) is 13.2 Å². The van der Waals surface area contributed by atoms with Gasteiger partial charge >= 0.3 is 17.8 Å². The van der Waals surface area contributed by atoms with Crippen LogP contribution in [0.15, 0.2) is 21.9 Å². The number of halogens is 3. The highest BCUT2D eigenvalue weighted by Crippen LogP contribution is 2.42. The van der Waals surface area contributed by atoms with E-state index in [9.17, 15) is 37.8 Å². The van der Waals surface area contributed by atoms with Crippen LogP contribution in [-0.2, 0) is 9.53 Å². The number of aliphatic hydroxyl groups excluding tert-OH is 2. The molecule has 152 valence electrons. The maximum atomic E-state index is 12.1. The molecule has 0 spiro atoms. The highest BCUT2D eigenvalue weighted by Gasteiger charge is 2.45. The Morgan fingerprint density at radius 2 is 2.11 bits per heavy atom. The van der Waals surface area contributed by atoms with Gasteiger partial charge in [-0.15, -0.1) is 0 Å². The zero-order chi connectivity index (χ0) is 20.2. The topological polar surface area (TPSA) is 134 Å². The number of rotatable bonds is 7. The summed E-state index contributed by atoms with van der Waals surface area (Å²) in [6.07, 6.45) is -6.93. The largest absolute Gasteiger partial charge is 0.471 e. The molecule has 0 bridgehead atoms. The van der Waals surface area contributed by atoms with Gasteiger partial charge in [0.25, 0.3) is 5.56 Å². The van der Waals surface area contributed by atoms with E-state index in [-0.39, 0.29) is 12.3 Å². The molecule has 4 N–H and O–H groups in total. The fourth-order valence-corrected chi connectivity index (χ4v) is 4.91. The molecular formula is C13H16F3N3O6S2. The molecule has 0 radical (unpaired) electrons. The number of nitrogens with zero attached hydrogens (tertiary/aromatic N) is 1. The number of aliphatic hydroxyl groups is 2. The first-order valence-electron chi connectivity index (χ1n) is 7.54. The molecule has 9 nitrogen and oxygen atoms in total. The van der Waals surface area contributed by atoms with E-state index in [1.807, 2.05) is 4.98 Å². The maximum absolute atomic E-state index is 12.1. The molecule has 0 aromatic carbocycles. The third-order valence-electron chi connectivity index (χ3n) is 3.53. The highest BCUT2D eigenvalue weighted by atomic mass is 33.1. The molecule has 1 amide bonds. The Labute approximate surface area is 157 Å². The number of nitrogens with one attached hydrogen (secondary N) is 2. The van der Waals surface area contributed by atoms with Gasteiger partial charge in [0.1, 0.15) is 6.10 Å². The second-order valence-electron chi connectivity index (χ2n) is 5.39. The number of amides is 1. The van der Waals surface area contributed by atoms with Crippen molar-refractivity contribution in [2.24, 2.45) is 0 Å². The van der Waals surface area contributed by atoms with Crippen molar-refractivity contribution < 1.29 is 32.9 Å². The van der Waals surface area contributed by atoms with Crippen molar-refractivity contribution in [2.45, 2.75) is 29.9 Å². The van der Waals surface area contributed by atoms with Crippen LogP contribution in [0.5, 0.6) is 0 Å². The van der Waals surface area contributed by atoms with Crippen LogP contribution in [0.25, 0.3) is 0 Å². The third kappa shape index (κ3) is 5.51. The number of aromatic nitrogens is 2. The first-order chi connectivity index (χ1) is 12.6. The van der Waals surface area contributed by atoms with Gasteiger partial charge in [0, 0.05) is 24.6 Å². The summed E-state index contributed by atoms with van der Waals surface area (Å²) >= 11 is 0. The fourth-order valence-electron chi connectivity index (χ4n) is 2.26. The molecule has 1 unspecified atom stereocenters. The number of alkyl halides is 3.